The summed E-state index contributed by atoms with van der Waals surface area (Å²) >= 11 is 0. The van der Waals surface area contributed by atoms with Crippen LogP contribution in [0.4, 0.5) is 21.9 Å². The number of nitrogen functional groups attached to an aromatic ring is 1. The lowest BCUT2D eigenvalue weighted by Gasteiger charge is -2.12. The first-order chi connectivity index (χ1) is 6.93. The molecule has 1 amide bonds. The van der Waals surface area contributed by atoms with E-state index in [1.807, 2.05) is 0 Å². The van der Waals surface area contributed by atoms with E-state index in [1.54, 1.807) is 0 Å². The third-order valence-electron chi connectivity index (χ3n) is 1.88. The van der Waals surface area contributed by atoms with E-state index in [1.165, 1.54) is 25.2 Å². The molecule has 0 saturated heterocycles. The monoisotopic (exact) mass is 211 g/mol. The van der Waals surface area contributed by atoms with Crippen LogP contribution in [0.1, 0.15) is 0 Å². The van der Waals surface area contributed by atoms with Crippen molar-refractivity contribution in [2.75, 3.05) is 17.7 Å². The van der Waals surface area contributed by atoms with Gasteiger partial charge in [-0.25, -0.2) is 4.79 Å². The standard InChI is InChI=1S/C8H9N3O4/c1-10(8(12)13)5-2-3-7(11(14)15)6(9)4-5/h2-4H,9H2,1H3,(H,12,13). The maximum absolute atomic E-state index is 10.6. The van der Waals surface area contributed by atoms with E-state index in [0.29, 0.717) is 0 Å². The average molecular weight is 211 g/mol. The summed E-state index contributed by atoms with van der Waals surface area (Å²) in [4.78, 5) is 21.3. The second-order valence-corrected chi connectivity index (χ2v) is 2.84. The van der Waals surface area contributed by atoms with Gasteiger partial charge in [-0.1, -0.05) is 0 Å². The van der Waals surface area contributed by atoms with Gasteiger partial charge in [-0.2, -0.15) is 0 Å². The van der Waals surface area contributed by atoms with E-state index < -0.39 is 11.0 Å². The second kappa shape index (κ2) is 3.82. The Morgan fingerprint density at radius 2 is 2.20 bits per heavy atom. The molecule has 1 aromatic rings. The number of nitrogens with zero attached hydrogens (tertiary/aromatic N) is 2. The van der Waals surface area contributed by atoms with Crippen molar-refractivity contribution in [2.45, 2.75) is 0 Å². The highest BCUT2D eigenvalue weighted by Crippen LogP contribution is 2.26. The number of amides is 1. The lowest BCUT2D eigenvalue weighted by atomic mass is 10.2. The number of benzene rings is 1. The molecule has 0 radical (unpaired) electrons. The average Bonchev–Trinajstić information content (AvgIpc) is 2.15. The van der Waals surface area contributed by atoms with Crippen molar-refractivity contribution >= 4 is 23.2 Å². The lowest BCUT2D eigenvalue weighted by molar-refractivity contribution is -0.383. The highest BCUT2D eigenvalue weighted by molar-refractivity contribution is 5.86. The van der Waals surface area contributed by atoms with Crippen molar-refractivity contribution < 1.29 is 14.8 Å². The summed E-state index contributed by atoms with van der Waals surface area (Å²) in [6.07, 6.45) is -1.16. The molecule has 0 heterocycles. The highest BCUT2D eigenvalue weighted by atomic mass is 16.6. The molecule has 0 aromatic heterocycles. The molecule has 0 aliphatic carbocycles. The van der Waals surface area contributed by atoms with E-state index in [0.717, 1.165) is 4.90 Å². The van der Waals surface area contributed by atoms with Crippen molar-refractivity contribution in [1.29, 1.82) is 0 Å². The number of nitro benzene ring substituents is 1. The van der Waals surface area contributed by atoms with Crippen molar-refractivity contribution in [3.63, 3.8) is 0 Å². The van der Waals surface area contributed by atoms with Gasteiger partial charge in [0.1, 0.15) is 5.69 Å². The number of rotatable bonds is 2. The van der Waals surface area contributed by atoms with Crippen LogP contribution in [0.25, 0.3) is 0 Å². The molecule has 0 atom stereocenters. The van der Waals surface area contributed by atoms with Gasteiger partial charge in [0.05, 0.1) is 4.92 Å². The van der Waals surface area contributed by atoms with Crippen LogP contribution in [0.3, 0.4) is 0 Å². The van der Waals surface area contributed by atoms with Crippen molar-refractivity contribution in [3.05, 3.63) is 28.3 Å². The molecule has 0 saturated carbocycles. The van der Waals surface area contributed by atoms with E-state index in [2.05, 4.69) is 0 Å². The van der Waals surface area contributed by atoms with Crippen LogP contribution in [0.15, 0.2) is 18.2 Å². The van der Waals surface area contributed by atoms with Gasteiger partial charge >= 0.3 is 6.09 Å². The zero-order valence-electron chi connectivity index (χ0n) is 7.88. The first kappa shape index (κ1) is 10.8. The first-order valence-corrected chi connectivity index (χ1v) is 3.94. The number of hydrogen-bond donors (Lipinski definition) is 2. The van der Waals surface area contributed by atoms with E-state index in [-0.39, 0.29) is 17.1 Å². The lowest BCUT2D eigenvalue weighted by Crippen LogP contribution is -2.23. The van der Waals surface area contributed by atoms with Crippen LogP contribution in [0.2, 0.25) is 0 Å². The molecular weight excluding hydrogens is 202 g/mol. The number of nitrogens with two attached hydrogens (primary N) is 1. The van der Waals surface area contributed by atoms with E-state index >= 15 is 0 Å². The van der Waals surface area contributed by atoms with Crippen molar-refractivity contribution in [3.8, 4) is 0 Å². The third kappa shape index (κ3) is 2.13. The Hall–Kier alpha value is -2.31. The van der Waals surface area contributed by atoms with Crippen LogP contribution in [-0.4, -0.2) is 23.2 Å². The van der Waals surface area contributed by atoms with Gasteiger partial charge in [-0.05, 0) is 12.1 Å². The summed E-state index contributed by atoms with van der Waals surface area (Å²) in [5, 5.41) is 19.1. The van der Waals surface area contributed by atoms with Crippen LogP contribution in [0, 0.1) is 10.1 Å². The van der Waals surface area contributed by atoms with Gasteiger partial charge < -0.3 is 10.8 Å². The molecule has 0 unspecified atom stereocenters. The number of carboxylic acid groups (broad SMARTS) is 1. The summed E-state index contributed by atoms with van der Waals surface area (Å²) in [7, 11) is 1.32. The molecule has 0 fully saturated rings. The van der Waals surface area contributed by atoms with Crippen LogP contribution in [0.5, 0.6) is 0 Å². The van der Waals surface area contributed by atoms with Gasteiger partial charge in [-0.15, -0.1) is 0 Å². The summed E-state index contributed by atoms with van der Waals surface area (Å²) < 4.78 is 0. The summed E-state index contributed by atoms with van der Waals surface area (Å²) in [5.41, 5.74) is 5.38. The molecule has 7 nitrogen and oxygen atoms in total. The van der Waals surface area contributed by atoms with Gasteiger partial charge in [0.25, 0.3) is 5.69 Å². The quantitative estimate of drug-likeness (QED) is 0.435. The Bertz CT molecular complexity index is 418. The zero-order chi connectivity index (χ0) is 11.6. The molecule has 3 N–H and O–H groups in total. The third-order valence-corrected chi connectivity index (χ3v) is 1.88. The minimum absolute atomic E-state index is 0.0643. The Kier molecular flexibility index (Phi) is 2.75. The molecule has 0 aliphatic heterocycles. The van der Waals surface area contributed by atoms with Crippen LogP contribution in [-0.2, 0) is 0 Å². The Morgan fingerprint density at radius 3 is 2.60 bits per heavy atom. The van der Waals surface area contributed by atoms with Crippen molar-refractivity contribution in [1.82, 2.24) is 0 Å². The van der Waals surface area contributed by atoms with E-state index in [4.69, 9.17) is 10.8 Å². The topological polar surface area (TPSA) is 110 Å². The SMILES string of the molecule is CN(C(=O)O)c1ccc([N+](=O)[O-])c(N)c1. The number of hydrogen-bond acceptors (Lipinski definition) is 4. The Balaban J connectivity index is 3.12. The van der Waals surface area contributed by atoms with Gasteiger partial charge in [0.2, 0.25) is 0 Å². The van der Waals surface area contributed by atoms with Gasteiger partial charge in [0, 0.05) is 18.8 Å². The fraction of sp³-hybridized carbons (Fsp3) is 0.125. The fourth-order valence-corrected chi connectivity index (χ4v) is 1.03. The molecule has 1 aromatic carbocycles. The normalized spacial score (nSPS) is 9.67. The molecule has 0 spiro atoms. The van der Waals surface area contributed by atoms with Gasteiger partial charge in [-0.3, -0.25) is 15.0 Å². The Morgan fingerprint density at radius 1 is 1.60 bits per heavy atom. The predicted molar refractivity (Wildman–Crippen MR) is 53.9 cm³/mol. The molecule has 7 heteroatoms. The minimum atomic E-state index is -1.16. The van der Waals surface area contributed by atoms with Crippen LogP contribution >= 0.6 is 0 Å². The minimum Gasteiger partial charge on any atom is -0.465 e. The molecule has 0 aliphatic rings. The summed E-state index contributed by atoms with van der Waals surface area (Å²) in [6, 6.07) is 3.74. The molecule has 80 valence electrons. The van der Waals surface area contributed by atoms with Gasteiger partial charge in [0.15, 0.2) is 0 Å². The molecular formula is C8H9N3O4. The van der Waals surface area contributed by atoms with E-state index in [9.17, 15) is 14.9 Å². The maximum atomic E-state index is 10.6. The first-order valence-electron chi connectivity index (χ1n) is 3.94. The highest BCUT2D eigenvalue weighted by Gasteiger charge is 2.14. The second-order valence-electron chi connectivity index (χ2n) is 2.84. The zero-order valence-corrected chi connectivity index (χ0v) is 7.88. The van der Waals surface area contributed by atoms with Crippen molar-refractivity contribution in [2.24, 2.45) is 0 Å². The number of carbonyl (C=O) groups is 1. The Labute approximate surface area is 84.9 Å². The largest absolute Gasteiger partial charge is 0.465 e. The smallest absolute Gasteiger partial charge is 0.411 e. The fourth-order valence-electron chi connectivity index (χ4n) is 1.03. The molecule has 0 bridgehead atoms. The molecule has 15 heavy (non-hydrogen) atoms. The maximum Gasteiger partial charge on any atom is 0.411 e. The summed E-state index contributed by atoms with van der Waals surface area (Å²) in [6.45, 7) is 0. The number of nitro groups is 1. The molecule has 1 rings (SSSR count). The summed E-state index contributed by atoms with van der Waals surface area (Å²) in [5.74, 6) is 0. The number of anilines is 2. The predicted octanol–water partition coefficient (Wildman–Crippen LogP) is 1.29. The van der Waals surface area contributed by atoms with Crippen LogP contribution < -0.4 is 10.6 Å².